The van der Waals surface area contributed by atoms with E-state index < -0.39 is 0 Å². The van der Waals surface area contributed by atoms with Crippen LogP contribution in [0.2, 0.25) is 0 Å². The van der Waals surface area contributed by atoms with Gasteiger partial charge in [-0.15, -0.1) is 11.3 Å². The molecule has 0 radical (unpaired) electrons. The fraction of sp³-hybridized carbons (Fsp3) is 0.733. The van der Waals surface area contributed by atoms with Crippen molar-refractivity contribution in [3.63, 3.8) is 0 Å². The summed E-state index contributed by atoms with van der Waals surface area (Å²) in [5.74, 6) is 0.556. The van der Waals surface area contributed by atoms with Gasteiger partial charge < -0.3 is 10.2 Å². The van der Waals surface area contributed by atoms with Gasteiger partial charge in [-0.1, -0.05) is 13.8 Å². The fourth-order valence-corrected chi connectivity index (χ4v) is 3.97. The SMILES string of the molecule is CC(C)c1ncc(C(=O)N2CCC(N3CCNCC3)C2)s1. The van der Waals surface area contributed by atoms with Crippen LogP contribution in [0, 0.1) is 0 Å². The molecule has 3 rings (SSSR count). The van der Waals surface area contributed by atoms with E-state index in [0.29, 0.717) is 12.0 Å². The summed E-state index contributed by atoms with van der Waals surface area (Å²) >= 11 is 1.55. The van der Waals surface area contributed by atoms with Gasteiger partial charge in [-0.2, -0.15) is 0 Å². The summed E-state index contributed by atoms with van der Waals surface area (Å²) in [5.41, 5.74) is 0. The Morgan fingerprint density at radius 3 is 2.81 bits per heavy atom. The molecule has 21 heavy (non-hydrogen) atoms. The number of amides is 1. The van der Waals surface area contributed by atoms with Gasteiger partial charge in [-0.05, 0) is 6.42 Å². The number of likely N-dealkylation sites (tertiary alicyclic amines) is 1. The van der Waals surface area contributed by atoms with Crippen molar-refractivity contribution in [2.24, 2.45) is 0 Å². The summed E-state index contributed by atoms with van der Waals surface area (Å²) in [6.07, 6.45) is 2.85. The van der Waals surface area contributed by atoms with E-state index in [9.17, 15) is 4.79 Å². The Morgan fingerprint density at radius 1 is 1.38 bits per heavy atom. The molecule has 0 aromatic carbocycles. The van der Waals surface area contributed by atoms with Gasteiger partial charge in [0.05, 0.1) is 11.2 Å². The molecule has 1 amide bonds. The van der Waals surface area contributed by atoms with Crippen molar-refractivity contribution < 1.29 is 4.79 Å². The lowest BCUT2D eigenvalue weighted by Crippen LogP contribution is -2.49. The molecule has 116 valence electrons. The predicted molar refractivity (Wildman–Crippen MR) is 85.0 cm³/mol. The minimum Gasteiger partial charge on any atom is -0.336 e. The van der Waals surface area contributed by atoms with Crippen LogP contribution in [-0.4, -0.2) is 66.0 Å². The summed E-state index contributed by atoms with van der Waals surface area (Å²) < 4.78 is 0. The van der Waals surface area contributed by atoms with Gasteiger partial charge in [0.15, 0.2) is 0 Å². The first kappa shape index (κ1) is 14.9. The number of nitrogens with zero attached hydrogens (tertiary/aromatic N) is 3. The van der Waals surface area contributed by atoms with Crippen molar-refractivity contribution in [3.05, 3.63) is 16.1 Å². The van der Waals surface area contributed by atoms with Gasteiger partial charge in [-0.3, -0.25) is 9.69 Å². The van der Waals surface area contributed by atoms with Crippen LogP contribution >= 0.6 is 11.3 Å². The van der Waals surface area contributed by atoms with E-state index in [0.717, 1.165) is 55.6 Å². The standard InChI is InChI=1S/C15H24N4OS/c1-11(2)14-17-9-13(21-14)15(20)19-6-3-12(10-19)18-7-4-16-5-8-18/h9,11-12,16H,3-8,10H2,1-2H3. The third-order valence-electron chi connectivity index (χ3n) is 4.35. The van der Waals surface area contributed by atoms with Crippen molar-refractivity contribution in [2.45, 2.75) is 32.2 Å². The monoisotopic (exact) mass is 308 g/mol. The lowest BCUT2D eigenvalue weighted by atomic mass is 10.2. The maximum atomic E-state index is 12.6. The smallest absolute Gasteiger partial charge is 0.265 e. The minimum atomic E-state index is 0.164. The van der Waals surface area contributed by atoms with Gasteiger partial charge in [0.25, 0.3) is 5.91 Å². The Labute approximate surface area is 130 Å². The van der Waals surface area contributed by atoms with Crippen molar-refractivity contribution >= 4 is 17.2 Å². The molecule has 0 aliphatic carbocycles. The van der Waals surface area contributed by atoms with Crippen molar-refractivity contribution in [1.29, 1.82) is 0 Å². The zero-order valence-electron chi connectivity index (χ0n) is 12.8. The molecule has 1 atom stereocenters. The van der Waals surface area contributed by atoms with Crippen LogP contribution < -0.4 is 5.32 Å². The first-order valence-corrected chi connectivity index (χ1v) is 8.66. The summed E-state index contributed by atoms with van der Waals surface area (Å²) in [6.45, 7) is 10.3. The number of nitrogens with one attached hydrogen (secondary N) is 1. The van der Waals surface area contributed by atoms with E-state index in [1.54, 1.807) is 17.5 Å². The van der Waals surface area contributed by atoms with Crippen LogP contribution in [-0.2, 0) is 0 Å². The molecule has 5 nitrogen and oxygen atoms in total. The van der Waals surface area contributed by atoms with E-state index in [4.69, 9.17) is 0 Å². The average Bonchev–Trinajstić information content (AvgIpc) is 3.17. The van der Waals surface area contributed by atoms with Crippen LogP contribution in [0.15, 0.2) is 6.20 Å². The molecule has 1 N–H and O–H groups in total. The van der Waals surface area contributed by atoms with Gasteiger partial charge in [0, 0.05) is 51.2 Å². The van der Waals surface area contributed by atoms with Crippen LogP contribution in [0.5, 0.6) is 0 Å². The maximum Gasteiger partial charge on any atom is 0.265 e. The molecular weight excluding hydrogens is 284 g/mol. The van der Waals surface area contributed by atoms with Crippen molar-refractivity contribution in [1.82, 2.24) is 20.1 Å². The predicted octanol–water partition coefficient (Wildman–Crippen LogP) is 1.39. The normalized spacial score (nSPS) is 24.0. The summed E-state index contributed by atoms with van der Waals surface area (Å²) in [7, 11) is 0. The molecule has 2 aliphatic rings. The number of thiazole rings is 1. The summed E-state index contributed by atoms with van der Waals surface area (Å²) in [4.78, 5) is 22.3. The van der Waals surface area contributed by atoms with Gasteiger partial charge >= 0.3 is 0 Å². The average molecular weight is 308 g/mol. The highest BCUT2D eigenvalue weighted by atomic mass is 32.1. The van der Waals surface area contributed by atoms with Gasteiger partial charge in [-0.25, -0.2) is 4.98 Å². The van der Waals surface area contributed by atoms with E-state index in [2.05, 4.69) is 29.0 Å². The zero-order valence-corrected chi connectivity index (χ0v) is 13.7. The Hall–Kier alpha value is -0.980. The first-order valence-electron chi connectivity index (χ1n) is 7.85. The highest BCUT2D eigenvalue weighted by Crippen LogP contribution is 2.24. The number of carbonyl (C=O) groups excluding carboxylic acids is 1. The quantitative estimate of drug-likeness (QED) is 0.917. The Bertz CT molecular complexity index is 496. The molecular formula is C15H24N4OS. The third kappa shape index (κ3) is 3.27. The number of piperazine rings is 1. The second kappa shape index (κ2) is 6.42. The molecule has 0 saturated carbocycles. The van der Waals surface area contributed by atoms with Crippen LogP contribution in [0.3, 0.4) is 0 Å². The number of carbonyl (C=O) groups is 1. The van der Waals surface area contributed by atoms with Crippen molar-refractivity contribution in [2.75, 3.05) is 39.3 Å². The second-order valence-corrected chi connectivity index (χ2v) is 7.26. The molecule has 3 heterocycles. The number of aromatic nitrogens is 1. The number of rotatable bonds is 3. The topological polar surface area (TPSA) is 48.5 Å². The molecule has 2 saturated heterocycles. The van der Waals surface area contributed by atoms with E-state index in [1.165, 1.54) is 0 Å². The molecule has 0 bridgehead atoms. The lowest BCUT2D eigenvalue weighted by molar-refractivity contribution is 0.0778. The molecule has 0 spiro atoms. The fourth-order valence-electron chi connectivity index (χ4n) is 3.08. The summed E-state index contributed by atoms with van der Waals surface area (Å²) in [5, 5.41) is 4.43. The molecule has 2 fully saturated rings. The van der Waals surface area contributed by atoms with Crippen molar-refractivity contribution in [3.8, 4) is 0 Å². The zero-order chi connectivity index (χ0) is 14.8. The number of hydrogen-bond donors (Lipinski definition) is 1. The molecule has 6 heteroatoms. The van der Waals surface area contributed by atoms with Gasteiger partial charge in [0.2, 0.25) is 0 Å². The molecule has 1 aromatic heterocycles. The lowest BCUT2D eigenvalue weighted by Gasteiger charge is -2.32. The molecule has 2 aliphatic heterocycles. The molecule has 1 unspecified atom stereocenters. The van der Waals surface area contributed by atoms with Crippen LogP contribution in [0.4, 0.5) is 0 Å². The van der Waals surface area contributed by atoms with Crippen LogP contribution in [0.25, 0.3) is 0 Å². The van der Waals surface area contributed by atoms with Crippen LogP contribution in [0.1, 0.15) is 40.9 Å². The van der Waals surface area contributed by atoms with E-state index >= 15 is 0 Å². The van der Waals surface area contributed by atoms with E-state index in [-0.39, 0.29) is 5.91 Å². The second-order valence-electron chi connectivity index (χ2n) is 6.20. The maximum absolute atomic E-state index is 12.6. The minimum absolute atomic E-state index is 0.164. The highest BCUT2D eigenvalue weighted by Gasteiger charge is 2.32. The Balaban J connectivity index is 1.60. The third-order valence-corrected chi connectivity index (χ3v) is 5.63. The first-order chi connectivity index (χ1) is 10.1. The largest absolute Gasteiger partial charge is 0.336 e. The van der Waals surface area contributed by atoms with Gasteiger partial charge in [0.1, 0.15) is 4.88 Å². The summed E-state index contributed by atoms with van der Waals surface area (Å²) in [6, 6.07) is 0.536. The molecule has 1 aromatic rings. The number of hydrogen-bond acceptors (Lipinski definition) is 5. The Kier molecular flexibility index (Phi) is 4.57. The van der Waals surface area contributed by atoms with E-state index in [1.807, 2.05) is 4.90 Å². The highest BCUT2D eigenvalue weighted by molar-refractivity contribution is 7.13. The Morgan fingerprint density at radius 2 is 2.14 bits per heavy atom.